The van der Waals surface area contributed by atoms with Crippen molar-refractivity contribution < 1.29 is 0 Å². The van der Waals surface area contributed by atoms with E-state index in [0.29, 0.717) is 0 Å². The van der Waals surface area contributed by atoms with Gasteiger partial charge in [0.05, 0.1) is 5.03 Å². The van der Waals surface area contributed by atoms with Crippen molar-refractivity contribution in [3.8, 4) is 0 Å². The summed E-state index contributed by atoms with van der Waals surface area (Å²) in [6.45, 7) is 8.94. The number of aromatic nitrogens is 1. The van der Waals surface area contributed by atoms with Gasteiger partial charge in [0.2, 0.25) is 0 Å². The Bertz CT molecular complexity index is 417. The third-order valence-corrected chi connectivity index (χ3v) is 5.79. The molecule has 0 radical (unpaired) electrons. The molecule has 1 aliphatic carbocycles. The molecule has 0 spiro atoms. The summed E-state index contributed by atoms with van der Waals surface area (Å²) >= 11 is 3.90. The van der Waals surface area contributed by atoms with Crippen LogP contribution in [0.15, 0.2) is 22.2 Å². The van der Waals surface area contributed by atoms with Crippen LogP contribution in [0.1, 0.15) is 58.4 Å². The van der Waals surface area contributed by atoms with E-state index in [1.807, 2.05) is 29.7 Å². The van der Waals surface area contributed by atoms with E-state index in [0.717, 1.165) is 5.25 Å². The molecule has 2 rings (SSSR count). The molecule has 1 aliphatic rings. The Hall–Kier alpha value is -0.150. The monoisotopic (exact) mass is 295 g/mol. The number of pyridine rings is 1. The summed E-state index contributed by atoms with van der Waals surface area (Å²) in [5, 5.41) is 2.03. The van der Waals surface area contributed by atoms with E-state index < -0.39 is 0 Å². The number of hydrogen-bond donors (Lipinski definition) is 0. The molecule has 0 amide bonds. The fourth-order valence-electron chi connectivity index (χ4n) is 2.41. The molecule has 19 heavy (non-hydrogen) atoms. The van der Waals surface area contributed by atoms with Crippen LogP contribution >= 0.6 is 23.5 Å². The van der Waals surface area contributed by atoms with Crippen molar-refractivity contribution in [3.63, 3.8) is 0 Å². The molecule has 1 nitrogen and oxygen atoms in total. The van der Waals surface area contributed by atoms with Crippen molar-refractivity contribution in [3.05, 3.63) is 17.8 Å². The fourth-order valence-corrected chi connectivity index (χ4v) is 4.70. The highest BCUT2D eigenvalue weighted by Gasteiger charge is 2.17. The molecule has 1 aromatic heterocycles. The second-order valence-corrected chi connectivity index (χ2v) is 9.57. The Morgan fingerprint density at radius 1 is 1.16 bits per heavy atom. The van der Waals surface area contributed by atoms with Crippen LogP contribution in [0.5, 0.6) is 0 Å². The second kappa shape index (κ2) is 6.53. The molecule has 0 atom stereocenters. The minimum absolute atomic E-state index is 0.256. The van der Waals surface area contributed by atoms with Gasteiger partial charge in [0.1, 0.15) is 0 Å². The topological polar surface area (TPSA) is 12.9 Å². The lowest BCUT2D eigenvalue weighted by Gasteiger charge is -2.22. The van der Waals surface area contributed by atoms with Gasteiger partial charge < -0.3 is 0 Å². The summed E-state index contributed by atoms with van der Waals surface area (Å²) in [4.78, 5) is 5.99. The molecule has 0 aromatic carbocycles. The third-order valence-electron chi connectivity index (χ3n) is 3.26. The van der Waals surface area contributed by atoms with E-state index >= 15 is 0 Å². The molecule has 0 N–H and O–H groups in total. The number of thioether (sulfide) groups is 2. The van der Waals surface area contributed by atoms with Gasteiger partial charge in [-0.25, -0.2) is 4.98 Å². The van der Waals surface area contributed by atoms with Crippen molar-refractivity contribution in [2.45, 2.75) is 79.7 Å². The van der Waals surface area contributed by atoms with Crippen molar-refractivity contribution in [2.75, 3.05) is 0 Å². The van der Waals surface area contributed by atoms with E-state index in [9.17, 15) is 0 Å². The normalized spacial score (nSPS) is 17.7. The molecule has 106 valence electrons. The smallest absolute Gasteiger partial charge is 0.0992 e. The maximum absolute atomic E-state index is 4.70. The van der Waals surface area contributed by atoms with Crippen LogP contribution in [0.25, 0.3) is 0 Å². The van der Waals surface area contributed by atoms with Crippen LogP contribution in [0, 0.1) is 6.92 Å². The molecule has 0 saturated heterocycles. The largest absolute Gasteiger partial charge is 0.248 e. The average Bonchev–Trinajstić information content (AvgIpc) is 2.32. The summed E-state index contributed by atoms with van der Waals surface area (Å²) in [6.07, 6.45) is 9.00. The summed E-state index contributed by atoms with van der Waals surface area (Å²) in [5.41, 5.74) is 1.34. The number of nitrogens with zero attached hydrogens (tertiary/aromatic N) is 1. The molecule has 1 fully saturated rings. The maximum Gasteiger partial charge on any atom is 0.0992 e. The van der Waals surface area contributed by atoms with E-state index in [-0.39, 0.29) is 4.75 Å². The summed E-state index contributed by atoms with van der Waals surface area (Å²) in [5.74, 6) is 0. The van der Waals surface area contributed by atoms with E-state index in [4.69, 9.17) is 4.98 Å². The van der Waals surface area contributed by atoms with Crippen molar-refractivity contribution in [1.82, 2.24) is 4.98 Å². The average molecular weight is 296 g/mol. The predicted octanol–water partition coefficient (Wildman–Crippen LogP) is 5.71. The highest BCUT2D eigenvalue weighted by Crippen LogP contribution is 2.37. The van der Waals surface area contributed by atoms with E-state index in [1.54, 1.807) is 0 Å². The molecular weight excluding hydrogens is 270 g/mol. The predicted molar refractivity (Wildman–Crippen MR) is 87.3 cm³/mol. The standard InChI is InChI=1S/C16H25NS2/c1-12-10-14(19-16(2,3)4)11-17-15(12)18-13-8-6-5-7-9-13/h10-11,13H,5-9H2,1-4H3. The highest BCUT2D eigenvalue weighted by atomic mass is 32.2. The first kappa shape index (κ1) is 15.2. The molecule has 3 heteroatoms. The lowest BCUT2D eigenvalue weighted by molar-refractivity contribution is 0.515. The third kappa shape index (κ3) is 5.03. The number of hydrogen-bond acceptors (Lipinski definition) is 3. The van der Waals surface area contributed by atoms with Gasteiger partial charge in [0.15, 0.2) is 0 Å². The second-order valence-electron chi connectivity index (χ2n) is 6.39. The van der Waals surface area contributed by atoms with Crippen LogP contribution in [-0.2, 0) is 0 Å². The van der Waals surface area contributed by atoms with Crippen LogP contribution < -0.4 is 0 Å². The lowest BCUT2D eigenvalue weighted by Crippen LogP contribution is -2.09. The molecule has 1 aromatic rings. The zero-order valence-electron chi connectivity index (χ0n) is 12.5. The van der Waals surface area contributed by atoms with Gasteiger partial charge in [-0.1, -0.05) is 40.0 Å². The van der Waals surface area contributed by atoms with Gasteiger partial charge in [-0.15, -0.1) is 23.5 Å². The van der Waals surface area contributed by atoms with Crippen LogP contribution in [-0.4, -0.2) is 15.0 Å². The maximum atomic E-state index is 4.70. The molecule has 0 aliphatic heterocycles. The van der Waals surface area contributed by atoms with Gasteiger partial charge >= 0.3 is 0 Å². The van der Waals surface area contributed by atoms with Crippen molar-refractivity contribution >= 4 is 23.5 Å². The lowest BCUT2D eigenvalue weighted by atomic mass is 10.0. The van der Waals surface area contributed by atoms with Gasteiger partial charge in [0.25, 0.3) is 0 Å². The van der Waals surface area contributed by atoms with Gasteiger partial charge in [-0.2, -0.15) is 0 Å². The number of aryl methyl sites for hydroxylation is 1. The first-order valence-corrected chi connectivity index (χ1v) is 8.96. The van der Waals surface area contributed by atoms with Gasteiger partial charge in [-0.3, -0.25) is 0 Å². The molecular formula is C16H25NS2. The Morgan fingerprint density at radius 3 is 2.42 bits per heavy atom. The Balaban J connectivity index is 2.02. The Labute approximate surface area is 126 Å². The Kier molecular flexibility index (Phi) is 5.24. The first-order chi connectivity index (χ1) is 8.94. The Morgan fingerprint density at radius 2 is 1.84 bits per heavy atom. The fraction of sp³-hybridized carbons (Fsp3) is 0.688. The molecule has 0 bridgehead atoms. The molecule has 1 heterocycles. The van der Waals surface area contributed by atoms with Gasteiger partial charge in [0, 0.05) is 21.1 Å². The highest BCUT2D eigenvalue weighted by molar-refractivity contribution is 8.00. The quantitative estimate of drug-likeness (QED) is 0.663. The zero-order chi connectivity index (χ0) is 13.9. The first-order valence-electron chi connectivity index (χ1n) is 7.26. The summed E-state index contributed by atoms with van der Waals surface area (Å²) in [6, 6.07) is 2.30. The molecule has 0 unspecified atom stereocenters. The minimum atomic E-state index is 0.256. The SMILES string of the molecule is Cc1cc(SC(C)(C)C)cnc1SC1CCCCC1. The zero-order valence-corrected chi connectivity index (χ0v) is 14.2. The van der Waals surface area contributed by atoms with E-state index in [1.165, 1.54) is 47.6 Å². The minimum Gasteiger partial charge on any atom is -0.248 e. The van der Waals surface area contributed by atoms with Gasteiger partial charge in [-0.05, 0) is 31.4 Å². The number of rotatable bonds is 3. The van der Waals surface area contributed by atoms with E-state index in [2.05, 4.69) is 33.8 Å². The van der Waals surface area contributed by atoms with Crippen LogP contribution in [0.3, 0.4) is 0 Å². The van der Waals surface area contributed by atoms with Crippen molar-refractivity contribution in [1.29, 1.82) is 0 Å². The molecule has 1 saturated carbocycles. The van der Waals surface area contributed by atoms with Crippen LogP contribution in [0.4, 0.5) is 0 Å². The summed E-state index contributed by atoms with van der Waals surface area (Å²) < 4.78 is 0.256. The summed E-state index contributed by atoms with van der Waals surface area (Å²) in [7, 11) is 0. The van der Waals surface area contributed by atoms with Crippen LogP contribution in [0.2, 0.25) is 0 Å². The van der Waals surface area contributed by atoms with Crippen molar-refractivity contribution in [2.24, 2.45) is 0 Å².